The summed E-state index contributed by atoms with van der Waals surface area (Å²) in [5, 5.41) is 12.4. The second kappa shape index (κ2) is 6.04. The molecule has 0 spiro atoms. The van der Waals surface area contributed by atoms with Crippen LogP contribution >= 0.6 is 23.2 Å². The van der Waals surface area contributed by atoms with Crippen LogP contribution in [0, 0.1) is 0 Å². The molecular weight excluding hydrogens is 287 g/mol. The molecule has 0 N–H and O–H groups in total. The zero-order valence-corrected chi connectivity index (χ0v) is 11.9. The normalized spacial score (nSPS) is 11.9. The summed E-state index contributed by atoms with van der Waals surface area (Å²) in [5.74, 6) is 0.551. The highest BCUT2D eigenvalue weighted by atomic mass is 35.5. The molecule has 5 nitrogen and oxygen atoms in total. The van der Waals surface area contributed by atoms with Crippen molar-refractivity contribution >= 4 is 35.2 Å². The van der Waals surface area contributed by atoms with E-state index in [9.17, 15) is 0 Å². The molecule has 1 heterocycles. The topological polar surface area (TPSA) is 52.8 Å². The third-order valence-corrected chi connectivity index (χ3v) is 2.70. The maximum absolute atomic E-state index is 6.18. The molecule has 0 fully saturated rings. The van der Waals surface area contributed by atoms with Crippen molar-refractivity contribution in [2.75, 3.05) is 0 Å². The monoisotopic (exact) mass is 298 g/mol. The number of hydrogen-bond donors (Lipinski definition) is 0. The SMILES string of the molecule is CC(C)OC(=Cn1ncnn1)c1ccc(Cl)cc1Cl. The average molecular weight is 299 g/mol. The molecule has 19 heavy (non-hydrogen) atoms. The molecule has 0 amide bonds. The van der Waals surface area contributed by atoms with Gasteiger partial charge in [-0.3, -0.25) is 0 Å². The van der Waals surface area contributed by atoms with Crippen LogP contribution in [0.2, 0.25) is 10.0 Å². The number of halogens is 2. The highest BCUT2D eigenvalue weighted by Crippen LogP contribution is 2.28. The first kappa shape index (κ1) is 13.8. The van der Waals surface area contributed by atoms with Gasteiger partial charge in [0.1, 0.15) is 5.76 Å². The quantitative estimate of drug-likeness (QED) is 0.812. The lowest BCUT2D eigenvalue weighted by Crippen LogP contribution is -2.04. The zero-order valence-electron chi connectivity index (χ0n) is 10.4. The molecule has 2 aromatic rings. The van der Waals surface area contributed by atoms with Crippen LogP contribution in [0.5, 0.6) is 0 Å². The third kappa shape index (κ3) is 3.68. The number of rotatable bonds is 4. The standard InChI is InChI=1S/C12H12Cl2N4O/c1-8(2)19-12(6-18-16-7-15-17-18)10-4-3-9(13)5-11(10)14/h3-8H,1-2H3. The lowest BCUT2D eigenvalue weighted by atomic mass is 10.2. The molecule has 0 saturated carbocycles. The van der Waals surface area contributed by atoms with Crippen LogP contribution in [-0.2, 0) is 4.74 Å². The number of aromatic nitrogens is 4. The number of benzene rings is 1. The molecule has 7 heteroatoms. The lowest BCUT2D eigenvalue weighted by Gasteiger charge is -2.14. The van der Waals surface area contributed by atoms with Gasteiger partial charge in [0.2, 0.25) is 0 Å². The molecule has 1 aromatic heterocycles. The predicted molar refractivity (Wildman–Crippen MR) is 74.7 cm³/mol. The summed E-state index contributed by atoms with van der Waals surface area (Å²) in [6, 6.07) is 5.19. The summed E-state index contributed by atoms with van der Waals surface area (Å²) in [4.78, 5) is 1.31. The van der Waals surface area contributed by atoms with Crippen molar-refractivity contribution in [1.82, 2.24) is 20.2 Å². The van der Waals surface area contributed by atoms with Crippen LogP contribution in [0.4, 0.5) is 0 Å². The second-order valence-electron chi connectivity index (χ2n) is 4.04. The molecule has 0 aliphatic heterocycles. The first-order chi connectivity index (χ1) is 9.06. The summed E-state index contributed by atoms with van der Waals surface area (Å²) in [6.07, 6.45) is 2.94. The fraction of sp³-hybridized carbons (Fsp3) is 0.250. The Balaban J connectivity index is 2.42. The molecule has 100 valence electrons. The number of nitrogens with zero attached hydrogens (tertiary/aromatic N) is 4. The van der Waals surface area contributed by atoms with Crippen molar-refractivity contribution in [3.05, 3.63) is 40.1 Å². The van der Waals surface area contributed by atoms with E-state index in [0.29, 0.717) is 15.8 Å². The van der Waals surface area contributed by atoms with E-state index in [-0.39, 0.29) is 6.10 Å². The molecule has 0 unspecified atom stereocenters. The zero-order chi connectivity index (χ0) is 13.8. The van der Waals surface area contributed by atoms with Crippen molar-refractivity contribution in [2.24, 2.45) is 0 Å². The largest absolute Gasteiger partial charge is 0.489 e. The smallest absolute Gasteiger partial charge is 0.162 e. The Labute approximate surface area is 120 Å². The fourth-order valence-electron chi connectivity index (χ4n) is 1.45. The summed E-state index contributed by atoms with van der Waals surface area (Å²) < 4.78 is 5.74. The minimum Gasteiger partial charge on any atom is -0.489 e. The van der Waals surface area contributed by atoms with E-state index in [0.717, 1.165) is 5.56 Å². The van der Waals surface area contributed by atoms with Gasteiger partial charge in [0, 0.05) is 10.6 Å². The van der Waals surface area contributed by atoms with Crippen molar-refractivity contribution in [3.8, 4) is 0 Å². The Morgan fingerprint density at radius 2 is 2.16 bits per heavy atom. The molecular formula is C12H12Cl2N4O. The van der Waals surface area contributed by atoms with Gasteiger partial charge in [-0.2, -0.15) is 0 Å². The van der Waals surface area contributed by atoms with E-state index in [4.69, 9.17) is 27.9 Å². The van der Waals surface area contributed by atoms with Crippen molar-refractivity contribution in [1.29, 1.82) is 0 Å². The molecule has 0 bridgehead atoms. The summed E-state index contributed by atoms with van der Waals surface area (Å²) >= 11 is 12.1. The van der Waals surface area contributed by atoms with E-state index in [2.05, 4.69) is 15.4 Å². The van der Waals surface area contributed by atoms with E-state index in [1.54, 1.807) is 24.4 Å². The minimum absolute atomic E-state index is 0.0125. The predicted octanol–water partition coefficient (Wildman–Crippen LogP) is 3.36. The van der Waals surface area contributed by atoms with E-state index in [1.807, 2.05) is 13.8 Å². The summed E-state index contributed by atoms with van der Waals surface area (Å²) in [5.41, 5.74) is 0.720. The fourth-order valence-corrected chi connectivity index (χ4v) is 1.95. The van der Waals surface area contributed by atoms with Gasteiger partial charge in [-0.1, -0.05) is 23.2 Å². The van der Waals surface area contributed by atoms with Gasteiger partial charge in [-0.15, -0.1) is 15.0 Å². The molecule has 1 aromatic carbocycles. The van der Waals surface area contributed by atoms with E-state index in [1.165, 1.54) is 11.1 Å². The lowest BCUT2D eigenvalue weighted by molar-refractivity contribution is 0.205. The molecule has 0 atom stereocenters. The maximum atomic E-state index is 6.18. The Hall–Kier alpha value is -1.59. The Morgan fingerprint density at radius 3 is 2.74 bits per heavy atom. The van der Waals surface area contributed by atoms with Crippen LogP contribution < -0.4 is 0 Å². The maximum Gasteiger partial charge on any atom is 0.162 e. The van der Waals surface area contributed by atoms with Gasteiger partial charge in [-0.25, -0.2) is 0 Å². The van der Waals surface area contributed by atoms with Crippen molar-refractivity contribution in [3.63, 3.8) is 0 Å². The van der Waals surface area contributed by atoms with Gasteiger partial charge in [0.05, 0.1) is 17.3 Å². The molecule has 0 aliphatic rings. The van der Waals surface area contributed by atoms with Crippen LogP contribution in [0.25, 0.3) is 12.0 Å². The van der Waals surface area contributed by atoms with Gasteiger partial charge in [-0.05, 0) is 37.3 Å². The second-order valence-corrected chi connectivity index (χ2v) is 4.88. The van der Waals surface area contributed by atoms with Crippen LogP contribution in [0.15, 0.2) is 24.5 Å². The van der Waals surface area contributed by atoms with E-state index < -0.39 is 0 Å². The van der Waals surface area contributed by atoms with Crippen molar-refractivity contribution < 1.29 is 4.74 Å². The van der Waals surface area contributed by atoms with Crippen molar-refractivity contribution in [2.45, 2.75) is 20.0 Å². The Bertz CT molecular complexity index is 581. The number of hydrogen-bond acceptors (Lipinski definition) is 4. The summed E-state index contributed by atoms with van der Waals surface area (Å²) in [7, 11) is 0. The molecule has 0 aliphatic carbocycles. The van der Waals surface area contributed by atoms with Crippen LogP contribution in [-0.4, -0.2) is 26.3 Å². The van der Waals surface area contributed by atoms with Gasteiger partial charge in [0.15, 0.2) is 6.33 Å². The van der Waals surface area contributed by atoms with Gasteiger partial charge in [0.25, 0.3) is 0 Å². The average Bonchev–Trinajstić information content (AvgIpc) is 2.80. The van der Waals surface area contributed by atoms with Gasteiger partial charge >= 0.3 is 0 Å². The minimum atomic E-state index is -0.0125. The Kier molecular flexibility index (Phi) is 4.39. The van der Waals surface area contributed by atoms with Crippen LogP contribution in [0.3, 0.4) is 0 Å². The third-order valence-electron chi connectivity index (χ3n) is 2.16. The number of tetrazole rings is 1. The van der Waals surface area contributed by atoms with E-state index >= 15 is 0 Å². The highest BCUT2D eigenvalue weighted by Gasteiger charge is 2.11. The van der Waals surface area contributed by atoms with Gasteiger partial charge < -0.3 is 4.74 Å². The first-order valence-corrected chi connectivity index (χ1v) is 6.38. The molecule has 0 radical (unpaired) electrons. The first-order valence-electron chi connectivity index (χ1n) is 5.62. The summed E-state index contributed by atoms with van der Waals surface area (Å²) in [6.45, 7) is 3.85. The van der Waals surface area contributed by atoms with Crippen LogP contribution in [0.1, 0.15) is 19.4 Å². The highest BCUT2D eigenvalue weighted by molar-refractivity contribution is 6.35. The molecule has 2 rings (SSSR count). The Morgan fingerprint density at radius 1 is 1.37 bits per heavy atom. The number of ether oxygens (including phenoxy) is 1. The molecule has 0 saturated heterocycles.